The second-order valence-corrected chi connectivity index (χ2v) is 5.41. The number of amides is 1. The van der Waals surface area contributed by atoms with Crippen LogP contribution in [0.1, 0.15) is 17.5 Å². The molecule has 0 spiro atoms. The van der Waals surface area contributed by atoms with Gasteiger partial charge < -0.3 is 19.8 Å². The topological polar surface area (TPSA) is 80.6 Å². The lowest BCUT2D eigenvalue weighted by atomic mass is 10.1. The van der Waals surface area contributed by atoms with Gasteiger partial charge in [-0.15, -0.1) is 0 Å². The number of ether oxygens (including phenoxy) is 1. The van der Waals surface area contributed by atoms with E-state index in [2.05, 4.69) is 4.74 Å². The van der Waals surface area contributed by atoms with Crippen LogP contribution in [0.15, 0.2) is 47.1 Å². The van der Waals surface area contributed by atoms with Crippen molar-refractivity contribution in [2.24, 2.45) is 0 Å². The predicted octanol–water partition coefficient (Wildman–Crippen LogP) is 3.60. The highest BCUT2D eigenvalue weighted by molar-refractivity contribution is 6.33. The highest BCUT2D eigenvalue weighted by Gasteiger charge is 2.64. The van der Waals surface area contributed by atoms with Crippen LogP contribution < -0.4 is 10.6 Å². The Morgan fingerprint density at radius 3 is 2.42 bits per heavy atom. The Morgan fingerprint density at radius 1 is 1.19 bits per heavy atom. The molecule has 26 heavy (non-hydrogen) atoms. The van der Waals surface area contributed by atoms with E-state index >= 15 is 0 Å². The molecule has 1 aromatic heterocycles. The molecule has 1 aromatic carbocycles. The lowest BCUT2D eigenvalue weighted by Gasteiger charge is -2.35. The van der Waals surface area contributed by atoms with Gasteiger partial charge in [-0.2, -0.15) is 13.2 Å². The van der Waals surface area contributed by atoms with Gasteiger partial charge >= 0.3 is 17.8 Å². The lowest BCUT2D eigenvalue weighted by molar-refractivity contribution is -0.204. The molecule has 2 aromatic rings. The van der Waals surface area contributed by atoms with Crippen LogP contribution in [-0.2, 0) is 9.53 Å². The Hall–Kier alpha value is -2.68. The minimum absolute atomic E-state index is 0.0855. The van der Waals surface area contributed by atoms with E-state index in [1.165, 1.54) is 37.3 Å². The molecule has 10 heteroatoms. The summed E-state index contributed by atoms with van der Waals surface area (Å²) in [7, 11) is 0. The van der Waals surface area contributed by atoms with Gasteiger partial charge in [-0.05, 0) is 31.2 Å². The molecular formula is C16H14ClF3N2O4. The molecule has 1 atom stereocenters. The monoisotopic (exact) mass is 390 g/mol. The van der Waals surface area contributed by atoms with E-state index in [1.807, 2.05) is 5.32 Å². The molecule has 2 rings (SSSR count). The van der Waals surface area contributed by atoms with Crippen LogP contribution in [-0.4, -0.2) is 30.3 Å². The van der Waals surface area contributed by atoms with E-state index in [9.17, 15) is 22.8 Å². The van der Waals surface area contributed by atoms with Gasteiger partial charge in [0.2, 0.25) is 0 Å². The second-order valence-electron chi connectivity index (χ2n) is 5.00. The number of furan rings is 1. The van der Waals surface area contributed by atoms with Crippen molar-refractivity contribution in [3.8, 4) is 0 Å². The molecule has 6 nitrogen and oxygen atoms in total. The molecule has 1 unspecified atom stereocenters. The highest BCUT2D eigenvalue weighted by Crippen LogP contribution is 2.35. The third kappa shape index (κ3) is 3.93. The molecule has 0 aliphatic heterocycles. The summed E-state index contributed by atoms with van der Waals surface area (Å²) in [6.07, 6.45) is -4.16. The van der Waals surface area contributed by atoms with Crippen molar-refractivity contribution in [1.82, 2.24) is 5.32 Å². The number of alkyl halides is 3. The standard InChI is InChI=1S/C16H14ClF3N2O4/c1-2-25-14(24)15(16(18,19)20,21-11-7-4-3-6-10(11)17)22-13(23)12-8-5-9-26-12/h3-9,21H,2H2,1H3,(H,22,23). The van der Waals surface area contributed by atoms with E-state index < -0.39 is 29.5 Å². The number of benzene rings is 1. The van der Waals surface area contributed by atoms with E-state index in [0.717, 1.165) is 12.3 Å². The largest absolute Gasteiger partial charge is 0.463 e. The number of rotatable bonds is 6. The van der Waals surface area contributed by atoms with Crippen LogP contribution in [0.5, 0.6) is 0 Å². The van der Waals surface area contributed by atoms with Crippen LogP contribution in [0.25, 0.3) is 0 Å². The Morgan fingerprint density at radius 2 is 1.88 bits per heavy atom. The predicted molar refractivity (Wildman–Crippen MR) is 86.7 cm³/mol. The number of hydrogen-bond acceptors (Lipinski definition) is 5. The maximum atomic E-state index is 13.9. The highest BCUT2D eigenvalue weighted by atomic mass is 35.5. The number of anilines is 1. The average Bonchev–Trinajstić information content (AvgIpc) is 3.09. The molecule has 140 valence electrons. The summed E-state index contributed by atoms with van der Waals surface area (Å²) >= 11 is 5.89. The van der Waals surface area contributed by atoms with Crippen LogP contribution in [0.3, 0.4) is 0 Å². The Balaban J connectivity index is 2.51. The minimum atomic E-state index is -5.26. The summed E-state index contributed by atoms with van der Waals surface area (Å²) in [4.78, 5) is 24.4. The fraction of sp³-hybridized carbons (Fsp3) is 0.250. The quantitative estimate of drug-likeness (QED) is 0.582. The molecule has 0 aliphatic carbocycles. The molecule has 1 amide bonds. The summed E-state index contributed by atoms with van der Waals surface area (Å²) < 4.78 is 51.1. The number of carbonyl (C=O) groups excluding carboxylic acids is 2. The average molecular weight is 391 g/mol. The smallest absolute Gasteiger partial charge is 0.441 e. The molecule has 0 fully saturated rings. The number of para-hydroxylation sites is 1. The van der Waals surface area contributed by atoms with E-state index in [4.69, 9.17) is 16.0 Å². The van der Waals surface area contributed by atoms with E-state index in [1.54, 1.807) is 5.32 Å². The van der Waals surface area contributed by atoms with Gasteiger partial charge in [0, 0.05) is 0 Å². The van der Waals surface area contributed by atoms with Crippen molar-refractivity contribution in [1.29, 1.82) is 0 Å². The maximum Gasteiger partial charge on any atom is 0.441 e. The first-order valence-corrected chi connectivity index (χ1v) is 7.71. The van der Waals surface area contributed by atoms with E-state index in [-0.39, 0.29) is 17.3 Å². The fourth-order valence-electron chi connectivity index (χ4n) is 2.03. The van der Waals surface area contributed by atoms with Gasteiger partial charge in [0.15, 0.2) is 5.76 Å². The fourth-order valence-corrected chi connectivity index (χ4v) is 2.22. The normalized spacial score (nSPS) is 13.6. The molecular weight excluding hydrogens is 377 g/mol. The third-order valence-corrected chi connectivity index (χ3v) is 3.58. The molecule has 2 N–H and O–H groups in total. The summed E-state index contributed by atoms with van der Waals surface area (Å²) in [6.45, 7) is 1.00. The van der Waals surface area contributed by atoms with Gasteiger partial charge in [0.1, 0.15) is 0 Å². The zero-order valence-corrected chi connectivity index (χ0v) is 14.1. The second kappa shape index (κ2) is 7.69. The third-order valence-electron chi connectivity index (χ3n) is 3.25. The van der Waals surface area contributed by atoms with Gasteiger partial charge in [-0.3, -0.25) is 4.79 Å². The lowest BCUT2D eigenvalue weighted by Crippen LogP contribution is -2.69. The van der Waals surface area contributed by atoms with Gasteiger partial charge in [0.05, 0.1) is 23.6 Å². The van der Waals surface area contributed by atoms with Crippen LogP contribution in [0, 0.1) is 0 Å². The van der Waals surface area contributed by atoms with Crippen molar-refractivity contribution in [2.75, 3.05) is 11.9 Å². The number of esters is 1. The molecule has 0 aliphatic rings. The first-order chi connectivity index (χ1) is 12.2. The summed E-state index contributed by atoms with van der Waals surface area (Å²) in [5.41, 5.74) is -3.79. The van der Waals surface area contributed by atoms with Crippen molar-refractivity contribution < 1.29 is 31.9 Å². The Kier molecular flexibility index (Phi) is 5.81. The first kappa shape index (κ1) is 19.6. The maximum absolute atomic E-state index is 13.9. The minimum Gasteiger partial charge on any atom is -0.463 e. The molecule has 0 radical (unpaired) electrons. The summed E-state index contributed by atoms with van der Waals surface area (Å²) in [6, 6.07) is 7.92. The van der Waals surface area contributed by atoms with Gasteiger partial charge in [-0.1, -0.05) is 23.7 Å². The van der Waals surface area contributed by atoms with Crippen molar-refractivity contribution >= 4 is 29.2 Å². The SMILES string of the molecule is CCOC(=O)C(NC(=O)c1ccco1)(Nc1ccccc1Cl)C(F)(F)F. The van der Waals surface area contributed by atoms with E-state index in [0.29, 0.717) is 0 Å². The van der Waals surface area contributed by atoms with Crippen molar-refractivity contribution in [2.45, 2.75) is 18.8 Å². The summed E-state index contributed by atoms with van der Waals surface area (Å²) in [5.74, 6) is -3.42. The van der Waals surface area contributed by atoms with Crippen LogP contribution in [0.2, 0.25) is 5.02 Å². The number of nitrogens with one attached hydrogen (secondary N) is 2. The number of halogens is 4. The Bertz CT molecular complexity index is 780. The zero-order valence-electron chi connectivity index (χ0n) is 13.4. The van der Waals surface area contributed by atoms with Crippen LogP contribution >= 0.6 is 11.6 Å². The molecule has 0 saturated heterocycles. The van der Waals surface area contributed by atoms with Gasteiger partial charge in [0.25, 0.3) is 5.91 Å². The Labute approximate surface area is 151 Å². The van der Waals surface area contributed by atoms with Crippen molar-refractivity contribution in [3.05, 3.63) is 53.4 Å². The molecule has 0 bridgehead atoms. The number of hydrogen-bond donors (Lipinski definition) is 2. The summed E-state index contributed by atoms with van der Waals surface area (Å²) in [5, 5.41) is 3.52. The molecule has 1 heterocycles. The first-order valence-electron chi connectivity index (χ1n) is 7.34. The zero-order chi connectivity index (χ0) is 19.4. The molecule has 0 saturated carbocycles. The van der Waals surface area contributed by atoms with Crippen LogP contribution in [0.4, 0.5) is 18.9 Å². The van der Waals surface area contributed by atoms with Crippen molar-refractivity contribution in [3.63, 3.8) is 0 Å². The van der Waals surface area contributed by atoms with Gasteiger partial charge in [-0.25, -0.2) is 4.79 Å². The number of carbonyl (C=O) groups is 2.